The fourth-order valence-electron chi connectivity index (χ4n) is 2.80. The van der Waals surface area contributed by atoms with Gasteiger partial charge >= 0.3 is 0 Å². The van der Waals surface area contributed by atoms with Gasteiger partial charge in [0.1, 0.15) is 12.4 Å². The number of carbonyl (C=O) groups is 1. The van der Waals surface area contributed by atoms with Crippen molar-refractivity contribution in [2.24, 2.45) is 7.05 Å². The van der Waals surface area contributed by atoms with Crippen molar-refractivity contribution in [1.29, 1.82) is 0 Å². The highest BCUT2D eigenvalue weighted by Crippen LogP contribution is 2.23. The van der Waals surface area contributed by atoms with Crippen molar-refractivity contribution in [1.82, 2.24) is 25.1 Å². The number of hydrogen-bond donors (Lipinski definition) is 0. The monoisotopic (exact) mass is 331 g/mol. The highest BCUT2D eigenvalue weighted by molar-refractivity contribution is 5.97. The van der Waals surface area contributed by atoms with Crippen molar-refractivity contribution in [2.45, 2.75) is 32.7 Å². The zero-order chi connectivity index (χ0) is 17.1. The van der Waals surface area contributed by atoms with Gasteiger partial charge in [-0.2, -0.15) is 0 Å². The molecule has 0 unspecified atom stereocenters. The van der Waals surface area contributed by atoms with Crippen LogP contribution in [0.25, 0.3) is 0 Å². The Morgan fingerprint density at radius 2 is 2.00 bits per heavy atom. The van der Waals surface area contributed by atoms with E-state index in [1.165, 1.54) is 4.68 Å². The second-order valence-corrected chi connectivity index (χ2v) is 5.97. The van der Waals surface area contributed by atoms with Crippen molar-refractivity contribution in [3.8, 4) is 5.75 Å². The highest BCUT2D eigenvalue weighted by Gasteiger charge is 2.28. The fourth-order valence-corrected chi connectivity index (χ4v) is 2.80. The number of aryl methyl sites for hydroxylation is 1. The molecule has 2 aromatic rings. The molecule has 2 heterocycles. The molecule has 1 aliphatic rings. The second-order valence-electron chi connectivity index (χ2n) is 5.97. The number of amides is 1. The van der Waals surface area contributed by atoms with Gasteiger partial charge in [0.05, 0.1) is 17.8 Å². The van der Waals surface area contributed by atoms with Crippen LogP contribution in [0, 0.1) is 0 Å². The minimum absolute atomic E-state index is 0.0236. The Balaban J connectivity index is 1.76. The Morgan fingerprint density at radius 1 is 1.29 bits per heavy atom. The Morgan fingerprint density at radius 3 is 2.67 bits per heavy atom. The number of aromatic nitrogens is 4. The molecular formula is C16H21N5O3. The first-order chi connectivity index (χ1) is 11.5. The molecule has 2 atom stereocenters. The first-order valence-corrected chi connectivity index (χ1v) is 7.92. The number of hydrogen-bond acceptors (Lipinski definition) is 6. The lowest BCUT2D eigenvalue weighted by Gasteiger charge is -2.35. The van der Waals surface area contributed by atoms with Crippen LogP contribution in [0.3, 0.4) is 0 Å². The van der Waals surface area contributed by atoms with E-state index < -0.39 is 0 Å². The number of tetrazole rings is 1. The van der Waals surface area contributed by atoms with Gasteiger partial charge in [-0.05, 0) is 36.4 Å². The van der Waals surface area contributed by atoms with E-state index in [1.54, 1.807) is 19.2 Å². The maximum atomic E-state index is 12.9. The van der Waals surface area contributed by atoms with Crippen LogP contribution >= 0.6 is 0 Å². The molecule has 1 amide bonds. The van der Waals surface area contributed by atoms with E-state index in [-0.39, 0.29) is 24.7 Å². The van der Waals surface area contributed by atoms with Gasteiger partial charge in [-0.1, -0.05) is 12.1 Å². The summed E-state index contributed by atoms with van der Waals surface area (Å²) in [7, 11) is 1.74. The summed E-state index contributed by atoms with van der Waals surface area (Å²) in [5.41, 5.74) is 0.536. The van der Waals surface area contributed by atoms with Crippen LogP contribution in [0.2, 0.25) is 0 Å². The Kier molecular flexibility index (Phi) is 4.75. The van der Waals surface area contributed by atoms with E-state index in [1.807, 2.05) is 30.9 Å². The van der Waals surface area contributed by atoms with Crippen molar-refractivity contribution in [3.05, 3.63) is 35.7 Å². The predicted octanol–water partition coefficient (Wildman–Crippen LogP) is 1.04. The third kappa shape index (κ3) is 3.53. The number of morpholine rings is 1. The Hall–Kier alpha value is -2.48. The van der Waals surface area contributed by atoms with Gasteiger partial charge in [0.25, 0.3) is 5.91 Å². The van der Waals surface area contributed by atoms with Crippen molar-refractivity contribution < 1.29 is 14.3 Å². The molecule has 1 fully saturated rings. The number of carbonyl (C=O) groups excluding carboxylic acids is 1. The SMILES string of the molecule is C[C@@H]1CN(C(=O)c2ccccc2OCc2nnnn2C)C[C@@H](C)O1. The maximum absolute atomic E-state index is 12.9. The molecule has 0 aliphatic carbocycles. The van der Waals surface area contributed by atoms with Crippen LogP contribution < -0.4 is 4.74 Å². The zero-order valence-electron chi connectivity index (χ0n) is 14.0. The van der Waals surface area contributed by atoms with E-state index in [4.69, 9.17) is 9.47 Å². The Labute approximate surface area is 140 Å². The summed E-state index contributed by atoms with van der Waals surface area (Å²) < 4.78 is 13.0. The standard InChI is InChI=1S/C16H21N5O3/c1-11-8-21(9-12(2)24-11)16(22)13-6-4-5-7-14(13)23-10-15-17-18-19-20(15)3/h4-7,11-12H,8-10H2,1-3H3/t11-,12-/m1/s1. The van der Waals surface area contributed by atoms with E-state index in [0.717, 1.165) is 0 Å². The van der Waals surface area contributed by atoms with E-state index in [9.17, 15) is 4.79 Å². The van der Waals surface area contributed by atoms with E-state index >= 15 is 0 Å². The molecule has 0 bridgehead atoms. The van der Waals surface area contributed by atoms with Gasteiger partial charge in [0.2, 0.25) is 0 Å². The third-order valence-corrected chi connectivity index (χ3v) is 3.89. The normalized spacial score (nSPS) is 20.9. The van der Waals surface area contributed by atoms with Crippen molar-refractivity contribution in [2.75, 3.05) is 13.1 Å². The molecule has 8 nitrogen and oxygen atoms in total. The minimum Gasteiger partial charge on any atom is -0.485 e. The first kappa shape index (κ1) is 16.4. The van der Waals surface area contributed by atoms with Crippen molar-refractivity contribution >= 4 is 5.91 Å². The molecule has 128 valence electrons. The molecule has 0 N–H and O–H groups in total. The summed E-state index contributed by atoms with van der Waals surface area (Å²) in [5.74, 6) is 1.06. The van der Waals surface area contributed by atoms with Crippen LogP contribution in [-0.2, 0) is 18.4 Å². The fraction of sp³-hybridized carbons (Fsp3) is 0.500. The summed E-state index contributed by atoms with van der Waals surface area (Å²) in [5, 5.41) is 11.2. The summed E-state index contributed by atoms with van der Waals surface area (Å²) in [6, 6.07) is 7.23. The predicted molar refractivity (Wildman–Crippen MR) is 85.5 cm³/mol. The Bertz CT molecular complexity index is 707. The van der Waals surface area contributed by atoms with Crippen LogP contribution in [0.4, 0.5) is 0 Å². The molecule has 8 heteroatoms. The second kappa shape index (κ2) is 6.96. The van der Waals surface area contributed by atoms with Crippen LogP contribution in [-0.4, -0.2) is 56.3 Å². The van der Waals surface area contributed by atoms with Gasteiger partial charge in [0.15, 0.2) is 5.82 Å². The molecule has 1 aromatic heterocycles. The molecule has 24 heavy (non-hydrogen) atoms. The first-order valence-electron chi connectivity index (χ1n) is 7.92. The third-order valence-electron chi connectivity index (χ3n) is 3.89. The number of rotatable bonds is 4. The van der Waals surface area contributed by atoms with Crippen LogP contribution in [0.1, 0.15) is 30.0 Å². The lowest BCUT2D eigenvalue weighted by atomic mass is 10.1. The molecule has 1 aromatic carbocycles. The molecule has 0 spiro atoms. The number of benzene rings is 1. The van der Waals surface area contributed by atoms with Gasteiger partial charge in [-0.15, -0.1) is 5.10 Å². The minimum atomic E-state index is -0.0521. The number of nitrogens with zero attached hydrogens (tertiary/aromatic N) is 5. The van der Waals surface area contributed by atoms with Crippen LogP contribution in [0.5, 0.6) is 5.75 Å². The maximum Gasteiger partial charge on any atom is 0.257 e. The van der Waals surface area contributed by atoms with E-state index in [2.05, 4.69) is 15.5 Å². The molecular weight excluding hydrogens is 310 g/mol. The number of ether oxygens (including phenoxy) is 2. The average Bonchev–Trinajstić information content (AvgIpc) is 2.97. The highest BCUT2D eigenvalue weighted by atomic mass is 16.5. The molecule has 1 aliphatic heterocycles. The van der Waals surface area contributed by atoms with Gasteiger partial charge in [0, 0.05) is 20.1 Å². The van der Waals surface area contributed by atoms with Gasteiger partial charge in [-0.3, -0.25) is 4.79 Å². The van der Waals surface area contributed by atoms with Gasteiger partial charge in [-0.25, -0.2) is 4.68 Å². The lowest BCUT2D eigenvalue weighted by molar-refractivity contribution is -0.0586. The summed E-state index contributed by atoms with van der Waals surface area (Å²) in [4.78, 5) is 14.7. The smallest absolute Gasteiger partial charge is 0.257 e. The average molecular weight is 331 g/mol. The molecule has 1 saturated heterocycles. The topological polar surface area (TPSA) is 82.4 Å². The van der Waals surface area contributed by atoms with Crippen LogP contribution in [0.15, 0.2) is 24.3 Å². The summed E-state index contributed by atoms with van der Waals surface area (Å²) >= 11 is 0. The number of para-hydroxylation sites is 1. The molecule has 0 saturated carbocycles. The zero-order valence-corrected chi connectivity index (χ0v) is 14.0. The van der Waals surface area contributed by atoms with E-state index in [0.29, 0.717) is 30.2 Å². The molecule has 3 rings (SSSR count). The quantitative estimate of drug-likeness (QED) is 0.832. The largest absolute Gasteiger partial charge is 0.485 e. The molecule has 0 radical (unpaired) electrons. The van der Waals surface area contributed by atoms with Gasteiger partial charge < -0.3 is 14.4 Å². The summed E-state index contributed by atoms with van der Waals surface area (Å²) in [6.07, 6.45) is 0.0472. The lowest BCUT2D eigenvalue weighted by Crippen LogP contribution is -2.48. The van der Waals surface area contributed by atoms with Crippen molar-refractivity contribution in [3.63, 3.8) is 0 Å². The summed E-state index contributed by atoms with van der Waals surface area (Å²) in [6.45, 7) is 5.29.